The number of ether oxygens (including phenoxy) is 4. The molecular formula is C100H104N6O18P4. The van der Waals surface area contributed by atoms with Crippen molar-refractivity contribution in [3.63, 3.8) is 0 Å². The van der Waals surface area contributed by atoms with Crippen molar-refractivity contribution in [1.82, 2.24) is 14.7 Å². The number of fused-ring (bicyclic) bond motifs is 3. The third kappa shape index (κ3) is 24.0. The lowest BCUT2D eigenvalue weighted by atomic mass is 9.94. The predicted octanol–water partition coefficient (Wildman–Crippen LogP) is 22.5. The van der Waals surface area contributed by atoms with E-state index < -0.39 is 34.4 Å². The second kappa shape index (κ2) is 43.0. The number of anilines is 3. The summed E-state index contributed by atoms with van der Waals surface area (Å²) in [4.78, 5) is 36.5. The number of rotatable bonds is 27. The van der Waals surface area contributed by atoms with E-state index in [0.717, 1.165) is 143 Å². The molecule has 0 spiro atoms. The standard InChI is InChI=1S/C40H36O10P2.C37H47N6O5P.C23H21O3P/c1-41-29-13-21-33(22-14-29)45-51(46-34-23-15-30(42-2)16-24-34)49-39-11-7-5-9-37(39)38-10-6-8-12-40(38)50-52(47-35-25-17-31(43-3)18-26-35)48-36-27-19-32(44-4)20-28-36;1-29(2)38-17-23-41(24-18-38)32-5-11-35(12-6-32)46-49(47-36-13-7-33(8-14-36)42-25-19-39(20-26-42)30(3)44)48-37-15-9-34(10-16-37)43-27-21-40(22-28-43)31(4)45;1-14-4-6-21-17(8-14)12-19-10-16(3)11-20-13-18-9-15(2)5-7-22(18)25-27(24-21)26-23(19)20/h5-28H,1-4H3;5-16H,1,17-28H2,2-4H3;4-11H,12-13H2,1-3H3. The van der Waals surface area contributed by atoms with Crippen LogP contribution in [0, 0.1) is 20.8 Å². The Hall–Kier alpha value is -13.0. The number of carbonyl (C=O) groups is 2. The molecule has 24 nitrogen and oxygen atoms in total. The smallest absolute Gasteiger partial charge is 0.497 e. The molecule has 2 amide bonds. The van der Waals surface area contributed by atoms with Crippen molar-refractivity contribution in [1.29, 1.82) is 0 Å². The molecule has 12 aromatic carbocycles. The second-order valence-corrected chi connectivity index (χ2v) is 34.8. The van der Waals surface area contributed by atoms with Crippen LogP contribution < -0.4 is 87.9 Å². The number of carbonyl (C=O) groups excluding carboxylic acids is 2. The zero-order valence-corrected chi connectivity index (χ0v) is 76.9. The molecule has 5 aliphatic rings. The topological polar surface area (TPSA) is 201 Å². The van der Waals surface area contributed by atoms with Gasteiger partial charge in [-0.15, -0.1) is 0 Å². The maximum Gasteiger partial charge on any atom is 0.530 e. The summed E-state index contributed by atoms with van der Waals surface area (Å²) in [6.07, 6.45) is 1.59. The Morgan fingerprint density at radius 1 is 0.305 bits per heavy atom. The highest BCUT2D eigenvalue weighted by Crippen LogP contribution is 2.54. The first kappa shape index (κ1) is 89.8. The van der Waals surface area contributed by atoms with Gasteiger partial charge in [-0.25, -0.2) is 0 Å². The zero-order valence-electron chi connectivity index (χ0n) is 73.3. The largest absolute Gasteiger partial charge is 0.530 e. The molecule has 0 aliphatic carbocycles. The van der Waals surface area contributed by atoms with Crippen LogP contribution in [0.1, 0.15) is 59.7 Å². The van der Waals surface area contributed by atoms with Gasteiger partial charge in [0.25, 0.3) is 0 Å². The number of benzene rings is 12. The number of hydrogen-bond acceptors (Lipinski definition) is 22. The summed E-state index contributed by atoms with van der Waals surface area (Å²) in [7, 11) is -1.01. The molecule has 5 aliphatic heterocycles. The molecule has 3 fully saturated rings. The van der Waals surface area contributed by atoms with Gasteiger partial charge in [-0.1, -0.05) is 96.1 Å². The van der Waals surface area contributed by atoms with Crippen LogP contribution in [0.15, 0.2) is 279 Å². The van der Waals surface area contributed by atoms with Gasteiger partial charge in [-0.2, -0.15) is 0 Å². The number of amides is 2. The molecule has 12 aromatic rings. The molecule has 128 heavy (non-hydrogen) atoms. The van der Waals surface area contributed by atoms with Gasteiger partial charge < -0.3 is 103 Å². The lowest BCUT2D eigenvalue weighted by Crippen LogP contribution is -2.48. The van der Waals surface area contributed by atoms with Crippen molar-refractivity contribution >= 4 is 63.3 Å². The minimum absolute atomic E-state index is 0.120. The number of aryl methyl sites for hydroxylation is 3. The fraction of sp³-hybridized carbons (Fsp3) is 0.240. The first-order valence-electron chi connectivity index (χ1n) is 42.2. The summed E-state index contributed by atoms with van der Waals surface area (Å²) in [5.74, 6) is 10.7. The van der Waals surface area contributed by atoms with Crippen LogP contribution in [0.3, 0.4) is 0 Å². The Balaban J connectivity index is 0.000000154. The average Bonchev–Trinajstić information content (AvgIpc) is 0.768. The van der Waals surface area contributed by atoms with E-state index in [1.807, 2.05) is 131 Å². The fourth-order valence-corrected chi connectivity index (χ4v) is 19.2. The predicted molar refractivity (Wildman–Crippen MR) is 505 cm³/mol. The Bertz CT molecular complexity index is 5200. The summed E-state index contributed by atoms with van der Waals surface area (Å²) < 4.78 is 97.2. The lowest BCUT2D eigenvalue weighted by Gasteiger charge is -2.37. The Labute approximate surface area is 753 Å². The van der Waals surface area contributed by atoms with Crippen molar-refractivity contribution in [3.8, 4) is 103 Å². The molecule has 2 bridgehead atoms. The van der Waals surface area contributed by atoms with Gasteiger partial charge >= 0.3 is 34.4 Å². The molecule has 0 N–H and O–H groups in total. The zero-order chi connectivity index (χ0) is 89.0. The third-order valence-electron chi connectivity index (χ3n) is 21.9. The molecular weight excluding hydrogens is 1700 g/mol. The molecule has 28 heteroatoms. The summed E-state index contributed by atoms with van der Waals surface area (Å²) in [6, 6.07) is 84.9. The van der Waals surface area contributed by atoms with E-state index in [9.17, 15) is 9.59 Å². The Morgan fingerprint density at radius 2 is 0.570 bits per heavy atom. The molecule has 662 valence electrons. The van der Waals surface area contributed by atoms with Gasteiger partial charge in [0.05, 0.1) is 28.4 Å². The van der Waals surface area contributed by atoms with E-state index in [4.69, 9.17) is 73.2 Å². The monoisotopic (exact) mass is 1800 g/mol. The Kier molecular flexibility index (Phi) is 30.2. The van der Waals surface area contributed by atoms with Crippen LogP contribution in [0.4, 0.5) is 17.1 Å². The van der Waals surface area contributed by atoms with E-state index in [2.05, 4.69) is 102 Å². The maximum atomic E-state index is 11.7. The second-order valence-electron chi connectivity index (χ2n) is 30.8. The summed E-state index contributed by atoms with van der Waals surface area (Å²) in [5, 5.41) is 0. The first-order chi connectivity index (χ1) is 62.3. The summed E-state index contributed by atoms with van der Waals surface area (Å²) >= 11 is 0. The summed E-state index contributed by atoms with van der Waals surface area (Å²) in [5.41, 5.74) is 14.4. The lowest BCUT2D eigenvalue weighted by molar-refractivity contribution is -0.129. The minimum atomic E-state index is -2.01. The first-order valence-corrected chi connectivity index (χ1v) is 46.6. The van der Waals surface area contributed by atoms with E-state index in [0.29, 0.717) is 74.7 Å². The SMILES string of the molecule is C=C(C)N1CCN(c2ccc(OP(Oc3ccc(N4CCN(C(C)=O)CC4)cc3)Oc3ccc(N4CCN(C(C)=O)CC4)cc3)cc2)CC1.COc1ccc(OP(Oc2ccc(OC)cc2)Oc2ccccc2-c2ccccc2OP(Oc2ccc(OC)cc2)Oc2ccc(OC)cc2)cc1.Cc1ccc2c(c1)Cc1cc(C)cc3c1OP(O2)Oc1ccc(C)cc1C3. The van der Waals surface area contributed by atoms with E-state index in [1.54, 1.807) is 139 Å². The quantitative estimate of drug-likeness (QED) is 0.0439. The van der Waals surface area contributed by atoms with Crippen LogP contribution in [0.5, 0.6) is 92.0 Å². The molecule has 0 aromatic heterocycles. The number of methoxy groups -OCH3 is 4. The molecule has 3 saturated heterocycles. The van der Waals surface area contributed by atoms with Crippen molar-refractivity contribution in [3.05, 3.63) is 318 Å². The van der Waals surface area contributed by atoms with Crippen LogP contribution in [0.2, 0.25) is 0 Å². The third-order valence-corrected chi connectivity index (χ3v) is 26.1. The molecule has 0 unspecified atom stereocenters. The van der Waals surface area contributed by atoms with Gasteiger partial charge in [0.2, 0.25) is 11.8 Å². The van der Waals surface area contributed by atoms with Crippen molar-refractivity contribution < 1.29 is 82.8 Å². The normalized spacial score (nSPS) is 13.9. The van der Waals surface area contributed by atoms with Gasteiger partial charge in [0.1, 0.15) is 92.0 Å². The molecule has 0 saturated carbocycles. The van der Waals surface area contributed by atoms with Gasteiger partial charge in [-0.05, 0) is 244 Å². The van der Waals surface area contributed by atoms with Crippen molar-refractivity contribution in [2.45, 2.75) is 54.4 Å². The number of piperazine rings is 3. The summed E-state index contributed by atoms with van der Waals surface area (Å²) in [6.45, 7) is 25.6. The van der Waals surface area contributed by atoms with Crippen LogP contribution in [-0.2, 0) is 22.4 Å². The highest BCUT2D eigenvalue weighted by Gasteiger charge is 2.33. The fourth-order valence-electron chi connectivity index (χ4n) is 15.0. The van der Waals surface area contributed by atoms with Gasteiger partial charge in [0.15, 0.2) is 0 Å². The highest BCUT2D eigenvalue weighted by atomic mass is 31.2. The average molecular weight is 1800 g/mol. The van der Waals surface area contributed by atoms with Gasteiger partial charge in [0, 0.05) is 139 Å². The van der Waals surface area contributed by atoms with E-state index in [1.165, 1.54) is 38.9 Å². The minimum Gasteiger partial charge on any atom is -0.497 e. The number of allylic oxidation sites excluding steroid dienone is 1. The maximum absolute atomic E-state index is 11.7. The van der Waals surface area contributed by atoms with Gasteiger partial charge in [-0.3, -0.25) is 9.59 Å². The number of nitrogens with zero attached hydrogens (tertiary/aromatic N) is 6. The van der Waals surface area contributed by atoms with Crippen LogP contribution >= 0.6 is 34.4 Å². The highest BCUT2D eigenvalue weighted by molar-refractivity contribution is 7.44. The molecule has 0 radical (unpaired) electrons. The van der Waals surface area contributed by atoms with Crippen molar-refractivity contribution in [2.75, 3.05) is 122 Å². The van der Waals surface area contributed by atoms with E-state index in [-0.39, 0.29) is 11.8 Å². The molecule has 5 heterocycles. The molecule has 17 rings (SSSR count). The van der Waals surface area contributed by atoms with Crippen LogP contribution in [0.25, 0.3) is 11.1 Å². The van der Waals surface area contributed by atoms with Crippen molar-refractivity contribution in [2.24, 2.45) is 0 Å². The van der Waals surface area contributed by atoms with Crippen LogP contribution in [-0.4, -0.2) is 133 Å². The number of para-hydroxylation sites is 2. The Morgan fingerprint density at radius 3 is 0.859 bits per heavy atom. The molecule has 0 atom stereocenters. The van der Waals surface area contributed by atoms with E-state index >= 15 is 0 Å². The number of hydrogen-bond donors (Lipinski definition) is 0.